The molecule has 9 heteroatoms. The van der Waals surface area contributed by atoms with Gasteiger partial charge in [-0.2, -0.15) is 5.26 Å². The van der Waals surface area contributed by atoms with Crippen molar-refractivity contribution in [3.05, 3.63) is 51.2 Å². The van der Waals surface area contributed by atoms with Gasteiger partial charge in [0.25, 0.3) is 11.7 Å². The molecule has 1 atom stereocenters. The highest BCUT2D eigenvalue weighted by atomic mass is 16.6. The quantitative estimate of drug-likeness (QED) is 0.656. The number of nitrogens with one attached hydrogen (secondary N) is 1. The molecule has 2 amide bonds. The van der Waals surface area contributed by atoms with E-state index in [9.17, 15) is 20.2 Å². The molecule has 0 spiro atoms. The highest BCUT2D eigenvalue weighted by molar-refractivity contribution is 5.97. The third-order valence-corrected chi connectivity index (χ3v) is 3.74. The lowest BCUT2D eigenvalue weighted by Crippen LogP contribution is -2.50. The Morgan fingerprint density at radius 2 is 2.33 bits per heavy atom. The number of benzene rings is 1. The molecule has 2 aliphatic heterocycles. The molecule has 1 N–H and O–H groups in total. The van der Waals surface area contributed by atoms with Gasteiger partial charge in [0.05, 0.1) is 23.1 Å². The third kappa shape index (κ3) is 2.54. The SMILES string of the molecule is CC1=C(C#N)C(c2cccc([N+](=O)[O-])c2)N(C2=NCCO2)C(=O)N1. The Balaban J connectivity index is 2.15. The topological polar surface area (TPSA) is 121 Å². The Hall–Kier alpha value is -3.41. The van der Waals surface area contributed by atoms with Crippen LogP contribution in [0.1, 0.15) is 18.5 Å². The average Bonchev–Trinajstić information content (AvgIpc) is 3.08. The summed E-state index contributed by atoms with van der Waals surface area (Å²) >= 11 is 0. The number of ether oxygens (including phenoxy) is 1. The summed E-state index contributed by atoms with van der Waals surface area (Å²) in [6, 6.07) is 6.68. The van der Waals surface area contributed by atoms with Gasteiger partial charge in [-0.05, 0) is 12.5 Å². The zero-order valence-corrected chi connectivity index (χ0v) is 12.7. The number of nitro groups is 1. The first-order valence-electron chi connectivity index (χ1n) is 7.15. The summed E-state index contributed by atoms with van der Waals surface area (Å²) in [6.45, 7) is 2.35. The van der Waals surface area contributed by atoms with Crippen LogP contribution in [0.15, 0.2) is 40.5 Å². The van der Waals surface area contributed by atoms with Crippen molar-refractivity contribution in [2.24, 2.45) is 4.99 Å². The molecule has 2 heterocycles. The molecule has 0 aromatic heterocycles. The maximum absolute atomic E-state index is 12.4. The second kappa shape index (κ2) is 6.00. The Kier molecular flexibility index (Phi) is 3.87. The van der Waals surface area contributed by atoms with Crippen LogP contribution < -0.4 is 5.32 Å². The molecule has 122 valence electrons. The van der Waals surface area contributed by atoms with Gasteiger partial charge in [-0.3, -0.25) is 10.1 Å². The fourth-order valence-corrected chi connectivity index (χ4v) is 2.68. The Labute approximate surface area is 137 Å². The number of allylic oxidation sites excluding steroid dienone is 1. The number of aliphatic imine (C=N–C) groups is 1. The van der Waals surface area contributed by atoms with Crippen molar-refractivity contribution in [2.45, 2.75) is 13.0 Å². The number of hydrogen-bond acceptors (Lipinski definition) is 6. The Morgan fingerprint density at radius 3 is 2.96 bits per heavy atom. The van der Waals surface area contributed by atoms with E-state index < -0.39 is 17.0 Å². The van der Waals surface area contributed by atoms with Gasteiger partial charge < -0.3 is 10.1 Å². The van der Waals surface area contributed by atoms with E-state index in [1.54, 1.807) is 13.0 Å². The normalized spacial score (nSPS) is 20.2. The average molecular weight is 327 g/mol. The molecule has 24 heavy (non-hydrogen) atoms. The van der Waals surface area contributed by atoms with Gasteiger partial charge in [-0.25, -0.2) is 14.7 Å². The second-order valence-electron chi connectivity index (χ2n) is 5.22. The number of hydrogen-bond donors (Lipinski definition) is 1. The van der Waals surface area contributed by atoms with Gasteiger partial charge in [0.15, 0.2) is 0 Å². The monoisotopic (exact) mass is 327 g/mol. The molecule has 0 bridgehead atoms. The van der Waals surface area contributed by atoms with Crippen LogP contribution in [0.4, 0.5) is 10.5 Å². The molecule has 1 aromatic carbocycles. The second-order valence-corrected chi connectivity index (χ2v) is 5.22. The van der Waals surface area contributed by atoms with Gasteiger partial charge in [0.2, 0.25) is 0 Å². The zero-order valence-electron chi connectivity index (χ0n) is 12.7. The summed E-state index contributed by atoms with van der Waals surface area (Å²) in [4.78, 5) is 28.3. The summed E-state index contributed by atoms with van der Waals surface area (Å²) in [5, 5.41) is 23.2. The van der Waals surface area contributed by atoms with Crippen LogP contribution >= 0.6 is 0 Å². The third-order valence-electron chi connectivity index (χ3n) is 3.74. The van der Waals surface area contributed by atoms with E-state index in [1.165, 1.54) is 23.1 Å². The van der Waals surface area contributed by atoms with Crippen molar-refractivity contribution in [3.63, 3.8) is 0 Å². The number of carbonyl (C=O) groups excluding carboxylic acids is 1. The van der Waals surface area contributed by atoms with Crippen LogP contribution in [-0.4, -0.2) is 35.0 Å². The van der Waals surface area contributed by atoms with E-state index in [-0.39, 0.29) is 17.3 Å². The van der Waals surface area contributed by atoms with Crippen molar-refractivity contribution in [1.29, 1.82) is 5.26 Å². The standard InChI is InChI=1S/C15H13N5O4/c1-9-12(8-16)13(10-3-2-4-11(7-10)20(22)23)19(14(21)18-9)15-17-5-6-24-15/h2-4,7,13H,5-6H2,1H3,(H,18,21). The van der Waals surface area contributed by atoms with E-state index in [2.05, 4.69) is 16.4 Å². The number of amides is 2. The van der Waals surface area contributed by atoms with Crippen molar-refractivity contribution in [2.75, 3.05) is 13.2 Å². The summed E-state index contributed by atoms with van der Waals surface area (Å²) < 4.78 is 5.37. The highest BCUT2D eigenvalue weighted by Crippen LogP contribution is 2.35. The molecule has 0 aliphatic carbocycles. The first-order valence-corrected chi connectivity index (χ1v) is 7.15. The van der Waals surface area contributed by atoms with Crippen LogP contribution in [-0.2, 0) is 4.74 Å². The largest absolute Gasteiger partial charge is 0.463 e. The number of nitriles is 1. The maximum atomic E-state index is 12.4. The molecule has 0 fully saturated rings. The first-order chi connectivity index (χ1) is 11.5. The molecule has 1 aromatic rings. The summed E-state index contributed by atoms with van der Waals surface area (Å²) in [5.41, 5.74) is 0.984. The fourth-order valence-electron chi connectivity index (χ4n) is 2.68. The molecule has 0 radical (unpaired) electrons. The van der Waals surface area contributed by atoms with Gasteiger partial charge in [0.1, 0.15) is 12.6 Å². The van der Waals surface area contributed by atoms with Crippen molar-refractivity contribution >= 4 is 17.7 Å². The number of rotatable bonds is 2. The number of urea groups is 1. The van der Waals surface area contributed by atoms with Gasteiger partial charge in [0, 0.05) is 17.8 Å². The minimum absolute atomic E-state index is 0.101. The number of non-ortho nitro benzene ring substituents is 1. The van der Waals surface area contributed by atoms with Crippen molar-refractivity contribution in [1.82, 2.24) is 10.2 Å². The molecular weight excluding hydrogens is 314 g/mol. The lowest BCUT2D eigenvalue weighted by Gasteiger charge is -2.35. The van der Waals surface area contributed by atoms with E-state index in [0.717, 1.165) is 0 Å². The number of nitro benzene ring substituents is 1. The Bertz CT molecular complexity index is 823. The lowest BCUT2D eigenvalue weighted by atomic mass is 9.94. The van der Waals surface area contributed by atoms with E-state index in [4.69, 9.17) is 4.74 Å². The van der Waals surface area contributed by atoms with Gasteiger partial charge in [-0.15, -0.1) is 0 Å². The van der Waals surface area contributed by atoms with Crippen LogP contribution in [0.3, 0.4) is 0 Å². The lowest BCUT2D eigenvalue weighted by molar-refractivity contribution is -0.384. The van der Waals surface area contributed by atoms with Crippen LogP contribution in [0.25, 0.3) is 0 Å². The fraction of sp³-hybridized carbons (Fsp3) is 0.267. The van der Waals surface area contributed by atoms with Crippen LogP contribution in [0.2, 0.25) is 0 Å². The molecule has 0 saturated carbocycles. The minimum atomic E-state index is -0.833. The summed E-state index contributed by atoms with van der Waals surface area (Å²) in [5.74, 6) is 0. The van der Waals surface area contributed by atoms with E-state index in [0.29, 0.717) is 24.4 Å². The van der Waals surface area contributed by atoms with Crippen LogP contribution in [0.5, 0.6) is 0 Å². The molecule has 3 rings (SSSR count). The molecular formula is C15H13N5O4. The predicted octanol–water partition coefficient (Wildman–Crippen LogP) is 1.84. The summed E-state index contributed by atoms with van der Waals surface area (Å²) in [7, 11) is 0. The number of amidine groups is 1. The van der Waals surface area contributed by atoms with E-state index >= 15 is 0 Å². The number of nitrogens with zero attached hydrogens (tertiary/aromatic N) is 4. The predicted molar refractivity (Wildman–Crippen MR) is 82.8 cm³/mol. The van der Waals surface area contributed by atoms with Gasteiger partial charge in [-0.1, -0.05) is 12.1 Å². The molecule has 0 saturated heterocycles. The van der Waals surface area contributed by atoms with Gasteiger partial charge >= 0.3 is 6.03 Å². The zero-order chi connectivity index (χ0) is 17.3. The smallest absolute Gasteiger partial charge is 0.330 e. The van der Waals surface area contributed by atoms with Crippen molar-refractivity contribution < 1.29 is 14.5 Å². The first kappa shape index (κ1) is 15.5. The Morgan fingerprint density at radius 1 is 1.54 bits per heavy atom. The highest BCUT2D eigenvalue weighted by Gasteiger charge is 2.39. The maximum Gasteiger partial charge on any atom is 0.330 e. The minimum Gasteiger partial charge on any atom is -0.463 e. The number of carbonyl (C=O) groups is 1. The molecule has 2 aliphatic rings. The molecule has 1 unspecified atom stereocenters. The van der Waals surface area contributed by atoms with E-state index in [1.807, 2.05) is 0 Å². The van der Waals surface area contributed by atoms with Crippen molar-refractivity contribution in [3.8, 4) is 6.07 Å². The molecule has 9 nitrogen and oxygen atoms in total. The summed E-state index contributed by atoms with van der Waals surface area (Å²) in [6.07, 6.45) is 0. The van der Waals surface area contributed by atoms with Crippen LogP contribution in [0, 0.1) is 21.4 Å².